The molecule has 0 aliphatic carbocycles. The fourth-order valence-corrected chi connectivity index (χ4v) is 3.75. The molecule has 0 amide bonds. The molecule has 3 heterocycles. The highest BCUT2D eigenvalue weighted by atomic mass is 16.4. The van der Waals surface area contributed by atoms with Crippen molar-refractivity contribution in [1.82, 2.24) is 15.0 Å². The van der Waals surface area contributed by atoms with Crippen LogP contribution in [-0.4, -0.2) is 33.3 Å². The lowest BCUT2D eigenvalue weighted by Gasteiger charge is -2.35. The molecule has 3 aromatic rings. The van der Waals surface area contributed by atoms with Crippen molar-refractivity contribution in [2.45, 2.75) is 39.7 Å². The van der Waals surface area contributed by atoms with E-state index in [1.807, 2.05) is 42.2 Å². The fourth-order valence-electron chi connectivity index (χ4n) is 3.75. The number of hydrogen-bond acceptors (Lipinski definition) is 7. The van der Waals surface area contributed by atoms with Gasteiger partial charge in [0.2, 0.25) is 5.95 Å². The third-order valence-corrected chi connectivity index (χ3v) is 5.06. The Morgan fingerprint density at radius 3 is 2.90 bits per heavy atom. The molecule has 1 fully saturated rings. The van der Waals surface area contributed by atoms with Crippen LogP contribution < -0.4 is 10.2 Å². The molecule has 0 spiro atoms. The number of nitrogens with one attached hydrogen (secondary N) is 1. The maximum absolute atomic E-state index is 12.4. The van der Waals surface area contributed by atoms with Crippen LogP contribution in [0.2, 0.25) is 0 Å². The highest BCUT2D eigenvalue weighted by molar-refractivity contribution is 5.88. The van der Waals surface area contributed by atoms with E-state index in [4.69, 9.17) is 4.42 Å². The molecule has 1 aromatic carbocycles. The van der Waals surface area contributed by atoms with Crippen molar-refractivity contribution in [2.75, 3.05) is 16.8 Å². The molecule has 4 rings (SSSR count). The summed E-state index contributed by atoms with van der Waals surface area (Å²) in [5.74, 6) is 1.68. The first kappa shape index (κ1) is 19.1. The maximum atomic E-state index is 12.4. The van der Waals surface area contributed by atoms with Crippen LogP contribution in [0.4, 0.5) is 17.7 Å². The molecule has 29 heavy (non-hydrogen) atoms. The Bertz CT molecular complexity index is 1010. The Labute approximate surface area is 170 Å². The van der Waals surface area contributed by atoms with E-state index in [2.05, 4.69) is 34.1 Å². The Balaban J connectivity index is 1.57. The predicted octanol–water partition coefficient (Wildman–Crippen LogP) is 4.38. The Kier molecular flexibility index (Phi) is 5.29. The smallest absolute Gasteiger partial charge is 0.298 e. The van der Waals surface area contributed by atoms with Gasteiger partial charge < -0.3 is 14.6 Å². The molecule has 1 atom stereocenters. The fraction of sp³-hybridized carbons (Fsp3) is 0.364. The summed E-state index contributed by atoms with van der Waals surface area (Å²) >= 11 is 0. The van der Waals surface area contributed by atoms with Gasteiger partial charge in [0, 0.05) is 36.1 Å². The number of anilines is 3. The van der Waals surface area contributed by atoms with Crippen LogP contribution >= 0.6 is 0 Å². The first-order valence-corrected chi connectivity index (χ1v) is 9.93. The summed E-state index contributed by atoms with van der Waals surface area (Å²) in [6, 6.07) is 10.0. The number of carbonyl (C=O) groups excluding carboxylic acids is 1. The van der Waals surface area contributed by atoms with E-state index in [9.17, 15) is 4.79 Å². The van der Waals surface area contributed by atoms with E-state index in [0.717, 1.165) is 29.9 Å². The van der Waals surface area contributed by atoms with Crippen LogP contribution in [0.1, 0.15) is 32.4 Å². The van der Waals surface area contributed by atoms with Gasteiger partial charge in [-0.05, 0) is 37.5 Å². The first-order valence-electron chi connectivity index (χ1n) is 9.93. The molecular formula is C22H25N5O2. The second-order valence-corrected chi connectivity index (χ2v) is 7.69. The van der Waals surface area contributed by atoms with Gasteiger partial charge >= 0.3 is 0 Å². The van der Waals surface area contributed by atoms with Gasteiger partial charge in [0.05, 0.1) is 12.2 Å². The van der Waals surface area contributed by atoms with Crippen LogP contribution in [0.3, 0.4) is 0 Å². The summed E-state index contributed by atoms with van der Waals surface area (Å²) in [7, 11) is 0. The first-order chi connectivity index (χ1) is 14.0. The third-order valence-electron chi connectivity index (χ3n) is 5.06. The number of aromatic nitrogens is 3. The molecule has 7 nitrogen and oxygen atoms in total. The second kappa shape index (κ2) is 8.03. The van der Waals surface area contributed by atoms with Crippen molar-refractivity contribution in [3.63, 3.8) is 0 Å². The highest BCUT2D eigenvalue weighted by Crippen LogP contribution is 2.31. The number of nitrogens with zero attached hydrogens (tertiary/aromatic N) is 4. The minimum atomic E-state index is -0.179. The summed E-state index contributed by atoms with van der Waals surface area (Å²) in [5.41, 5.74) is 2.65. The normalized spacial score (nSPS) is 17.0. The van der Waals surface area contributed by atoms with E-state index in [1.165, 1.54) is 0 Å². The van der Waals surface area contributed by atoms with Crippen molar-refractivity contribution in [3.05, 3.63) is 48.4 Å². The number of oxazole rings is 1. The van der Waals surface area contributed by atoms with Crippen molar-refractivity contribution in [1.29, 1.82) is 0 Å². The van der Waals surface area contributed by atoms with Gasteiger partial charge in [0.1, 0.15) is 0 Å². The third kappa shape index (κ3) is 4.13. The van der Waals surface area contributed by atoms with Crippen molar-refractivity contribution in [2.24, 2.45) is 5.92 Å². The monoisotopic (exact) mass is 391 g/mol. The average Bonchev–Trinajstić information content (AvgIpc) is 3.18. The standard InChI is InChI=1S/C22H25N5O2/c1-14(2)20-18(28)8-5-11-27(20)22-24-13-19(29-22)16-6-4-7-17(12-16)26-21-23-10-9-15(3)25-21/h4,6-7,9-10,12-14,20H,5,8,11H2,1-3H3,(H,23,25,26)/t20-/m0/s1. The summed E-state index contributed by atoms with van der Waals surface area (Å²) in [5, 5.41) is 3.21. The Morgan fingerprint density at radius 1 is 1.24 bits per heavy atom. The van der Waals surface area contributed by atoms with Gasteiger partial charge in [-0.1, -0.05) is 26.0 Å². The average molecular weight is 391 g/mol. The largest absolute Gasteiger partial charge is 0.423 e. The van der Waals surface area contributed by atoms with Crippen LogP contribution in [0.5, 0.6) is 0 Å². The summed E-state index contributed by atoms with van der Waals surface area (Å²) in [4.78, 5) is 27.5. The number of piperidine rings is 1. The molecule has 0 unspecified atom stereocenters. The topological polar surface area (TPSA) is 84.2 Å². The number of benzene rings is 1. The van der Waals surface area contributed by atoms with Crippen molar-refractivity contribution >= 4 is 23.4 Å². The van der Waals surface area contributed by atoms with Gasteiger partial charge in [0.25, 0.3) is 6.01 Å². The van der Waals surface area contributed by atoms with E-state index in [1.54, 1.807) is 12.4 Å². The minimum absolute atomic E-state index is 0.179. The minimum Gasteiger partial charge on any atom is -0.423 e. The SMILES string of the molecule is Cc1ccnc(Nc2cccc(-c3cnc(N4CCCC(=O)[C@@H]4C(C)C)o3)c2)n1. The van der Waals surface area contributed by atoms with Crippen molar-refractivity contribution in [3.8, 4) is 11.3 Å². The lowest BCUT2D eigenvalue weighted by molar-refractivity contribution is -0.122. The molecule has 1 aliphatic heterocycles. The zero-order valence-corrected chi connectivity index (χ0v) is 16.9. The lowest BCUT2D eigenvalue weighted by atomic mass is 9.92. The van der Waals surface area contributed by atoms with Crippen LogP contribution in [0.25, 0.3) is 11.3 Å². The Morgan fingerprint density at radius 2 is 2.10 bits per heavy atom. The number of Topliss-reactive ketones (excluding diaryl/α,β-unsaturated/α-hetero) is 1. The molecular weight excluding hydrogens is 366 g/mol. The number of rotatable bonds is 5. The molecule has 1 N–H and O–H groups in total. The highest BCUT2D eigenvalue weighted by Gasteiger charge is 2.34. The quantitative estimate of drug-likeness (QED) is 0.691. The molecule has 150 valence electrons. The van der Waals surface area contributed by atoms with E-state index >= 15 is 0 Å². The Hall–Kier alpha value is -3.22. The van der Waals surface area contributed by atoms with Gasteiger partial charge in [-0.25, -0.2) is 15.0 Å². The van der Waals surface area contributed by atoms with Crippen LogP contribution in [0, 0.1) is 12.8 Å². The molecule has 1 saturated heterocycles. The number of aryl methyl sites for hydroxylation is 1. The lowest BCUT2D eigenvalue weighted by Crippen LogP contribution is -2.49. The molecule has 1 aliphatic rings. The molecule has 0 bridgehead atoms. The molecule has 0 radical (unpaired) electrons. The molecule has 0 saturated carbocycles. The maximum Gasteiger partial charge on any atom is 0.298 e. The van der Waals surface area contributed by atoms with E-state index < -0.39 is 0 Å². The van der Waals surface area contributed by atoms with Gasteiger partial charge in [-0.2, -0.15) is 0 Å². The van der Waals surface area contributed by atoms with Crippen molar-refractivity contribution < 1.29 is 9.21 Å². The van der Waals surface area contributed by atoms with Crippen LogP contribution in [0.15, 0.2) is 47.1 Å². The van der Waals surface area contributed by atoms with Gasteiger partial charge in [-0.15, -0.1) is 0 Å². The number of hydrogen-bond donors (Lipinski definition) is 1. The molecule has 7 heteroatoms. The number of carbonyl (C=O) groups is 1. The summed E-state index contributed by atoms with van der Waals surface area (Å²) in [6.45, 7) is 6.83. The molecule has 2 aromatic heterocycles. The van der Waals surface area contributed by atoms with Gasteiger partial charge in [0.15, 0.2) is 11.5 Å². The number of ketones is 1. The van der Waals surface area contributed by atoms with Gasteiger partial charge in [-0.3, -0.25) is 4.79 Å². The second-order valence-electron chi connectivity index (χ2n) is 7.69. The zero-order valence-electron chi connectivity index (χ0n) is 16.9. The predicted molar refractivity (Wildman–Crippen MR) is 112 cm³/mol. The van der Waals surface area contributed by atoms with Crippen LogP contribution in [-0.2, 0) is 4.79 Å². The van der Waals surface area contributed by atoms with E-state index in [-0.39, 0.29) is 17.7 Å². The zero-order chi connectivity index (χ0) is 20.4. The summed E-state index contributed by atoms with van der Waals surface area (Å²) in [6.07, 6.45) is 4.90. The van der Waals surface area contributed by atoms with E-state index in [0.29, 0.717) is 24.1 Å². The summed E-state index contributed by atoms with van der Waals surface area (Å²) < 4.78 is 6.07.